The summed E-state index contributed by atoms with van der Waals surface area (Å²) in [5, 5.41) is 16.6. The molecule has 1 amide bonds. The van der Waals surface area contributed by atoms with E-state index in [1.165, 1.54) is 28.0 Å². The topological polar surface area (TPSA) is 101 Å². The molecule has 2 aromatic rings. The maximum Gasteiger partial charge on any atom is 0.354 e. The third-order valence-electron chi connectivity index (χ3n) is 4.19. The zero-order valence-electron chi connectivity index (χ0n) is 13.8. The van der Waals surface area contributed by atoms with Crippen LogP contribution in [0.2, 0.25) is 0 Å². The molecule has 8 nitrogen and oxygen atoms in total. The molecular formula is C16H17F2N5O3. The fourth-order valence-electron chi connectivity index (χ4n) is 2.73. The smallest absolute Gasteiger partial charge is 0.354 e. The van der Waals surface area contributed by atoms with Gasteiger partial charge in [-0.15, -0.1) is 5.10 Å². The van der Waals surface area contributed by atoms with E-state index in [4.69, 9.17) is 5.11 Å². The Morgan fingerprint density at radius 3 is 2.73 bits per heavy atom. The second-order valence-corrected chi connectivity index (χ2v) is 6.13. The number of carbonyl (C=O) groups is 2. The van der Waals surface area contributed by atoms with Gasteiger partial charge in [0, 0.05) is 37.7 Å². The highest BCUT2D eigenvalue weighted by molar-refractivity contribution is 5.85. The lowest BCUT2D eigenvalue weighted by Gasteiger charge is -2.20. The number of alkyl halides is 2. The second-order valence-electron chi connectivity index (χ2n) is 6.13. The van der Waals surface area contributed by atoms with E-state index in [2.05, 4.69) is 15.3 Å². The number of carboxylic acids is 1. The maximum atomic E-state index is 13.4. The molecule has 0 bridgehead atoms. The Bertz CT molecular complexity index is 806. The molecule has 1 aliphatic heterocycles. The predicted molar refractivity (Wildman–Crippen MR) is 85.6 cm³/mol. The van der Waals surface area contributed by atoms with Gasteiger partial charge < -0.3 is 10.0 Å². The van der Waals surface area contributed by atoms with Gasteiger partial charge in [0.15, 0.2) is 0 Å². The molecule has 0 aliphatic carbocycles. The van der Waals surface area contributed by atoms with Gasteiger partial charge in [-0.25, -0.2) is 23.2 Å². The number of aromatic nitrogens is 4. The number of nitrogens with zero attached hydrogens (tertiary/aromatic N) is 5. The van der Waals surface area contributed by atoms with Gasteiger partial charge in [0.05, 0.1) is 6.20 Å². The summed E-state index contributed by atoms with van der Waals surface area (Å²) in [5.41, 5.74) is 0.905. The second kappa shape index (κ2) is 7.14. The van der Waals surface area contributed by atoms with Gasteiger partial charge in [-0.3, -0.25) is 4.79 Å². The lowest BCUT2D eigenvalue weighted by Crippen LogP contribution is -2.35. The van der Waals surface area contributed by atoms with Gasteiger partial charge in [0.2, 0.25) is 11.8 Å². The minimum atomic E-state index is -2.72. The van der Waals surface area contributed by atoms with Crippen LogP contribution in [-0.2, 0) is 11.3 Å². The molecule has 138 valence electrons. The van der Waals surface area contributed by atoms with Crippen molar-refractivity contribution in [3.8, 4) is 11.3 Å². The molecule has 0 spiro atoms. The summed E-state index contributed by atoms with van der Waals surface area (Å²) in [6.07, 6.45) is 2.62. The van der Waals surface area contributed by atoms with E-state index in [1.807, 2.05) is 0 Å². The zero-order chi connectivity index (χ0) is 18.7. The van der Waals surface area contributed by atoms with Crippen LogP contribution in [0.25, 0.3) is 11.3 Å². The molecule has 0 atom stereocenters. The van der Waals surface area contributed by atoms with E-state index >= 15 is 0 Å². The largest absolute Gasteiger partial charge is 0.477 e. The van der Waals surface area contributed by atoms with Gasteiger partial charge >= 0.3 is 5.97 Å². The standard InChI is InChI=1S/C16H17F2N5O3/c17-16(18)4-1-6-22(7-5-16)14(24)10-23-9-13(20-21-23)11-2-3-12(15(25)26)19-8-11/h2-3,8-9H,1,4-7,10H2,(H,25,26). The van der Waals surface area contributed by atoms with Gasteiger partial charge in [-0.05, 0) is 18.6 Å². The molecular weight excluding hydrogens is 348 g/mol. The van der Waals surface area contributed by atoms with E-state index < -0.39 is 11.9 Å². The quantitative estimate of drug-likeness (QED) is 0.885. The van der Waals surface area contributed by atoms with E-state index in [1.54, 1.807) is 6.07 Å². The molecule has 26 heavy (non-hydrogen) atoms. The first kappa shape index (κ1) is 17.9. The summed E-state index contributed by atoms with van der Waals surface area (Å²) in [5.74, 6) is -4.14. The van der Waals surface area contributed by atoms with Crippen molar-refractivity contribution in [2.75, 3.05) is 13.1 Å². The third-order valence-corrected chi connectivity index (χ3v) is 4.19. The summed E-state index contributed by atoms with van der Waals surface area (Å²) in [6.45, 7) is 0.226. The normalized spacial score (nSPS) is 16.9. The van der Waals surface area contributed by atoms with Crippen LogP contribution in [0.4, 0.5) is 8.78 Å². The average molecular weight is 365 g/mol. The number of aromatic carboxylic acids is 1. The van der Waals surface area contributed by atoms with Crippen molar-refractivity contribution in [2.24, 2.45) is 0 Å². The number of pyridine rings is 1. The Morgan fingerprint density at radius 1 is 1.23 bits per heavy atom. The Morgan fingerprint density at radius 2 is 2.04 bits per heavy atom. The number of hydrogen-bond donors (Lipinski definition) is 1. The molecule has 3 heterocycles. The first-order valence-corrected chi connectivity index (χ1v) is 8.09. The number of carboxylic acid groups (broad SMARTS) is 1. The summed E-state index contributed by atoms with van der Waals surface area (Å²) in [4.78, 5) is 28.3. The number of carbonyl (C=O) groups excluding carboxylic acids is 1. The fraction of sp³-hybridized carbons (Fsp3) is 0.438. The van der Waals surface area contributed by atoms with E-state index in [-0.39, 0.29) is 44.0 Å². The number of likely N-dealkylation sites (tertiary alicyclic amines) is 1. The Balaban J connectivity index is 1.64. The van der Waals surface area contributed by atoms with Crippen molar-refractivity contribution >= 4 is 11.9 Å². The van der Waals surface area contributed by atoms with Crippen LogP contribution in [0, 0.1) is 0 Å². The van der Waals surface area contributed by atoms with Crippen molar-refractivity contribution in [1.29, 1.82) is 0 Å². The van der Waals surface area contributed by atoms with Crippen molar-refractivity contribution < 1.29 is 23.5 Å². The molecule has 0 radical (unpaired) electrons. The molecule has 3 rings (SSSR count). The number of rotatable bonds is 4. The van der Waals surface area contributed by atoms with Crippen molar-refractivity contribution in [2.45, 2.75) is 31.7 Å². The monoisotopic (exact) mass is 365 g/mol. The third kappa shape index (κ3) is 4.19. The van der Waals surface area contributed by atoms with E-state index in [0.29, 0.717) is 17.8 Å². The first-order chi connectivity index (χ1) is 12.3. The van der Waals surface area contributed by atoms with E-state index in [0.717, 1.165) is 0 Å². The highest BCUT2D eigenvalue weighted by atomic mass is 19.3. The molecule has 0 unspecified atom stereocenters. The van der Waals surface area contributed by atoms with Gasteiger partial charge in [0.25, 0.3) is 0 Å². The van der Waals surface area contributed by atoms with Crippen molar-refractivity contribution in [1.82, 2.24) is 24.9 Å². The van der Waals surface area contributed by atoms with E-state index in [9.17, 15) is 18.4 Å². The molecule has 0 aromatic carbocycles. The van der Waals surface area contributed by atoms with Crippen LogP contribution in [0.5, 0.6) is 0 Å². The Labute approximate surface area is 147 Å². The van der Waals surface area contributed by atoms with Crippen molar-refractivity contribution in [3.63, 3.8) is 0 Å². The number of amides is 1. The van der Waals surface area contributed by atoms with Gasteiger partial charge in [-0.2, -0.15) is 0 Å². The van der Waals surface area contributed by atoms with Crippen LogP contribution in [0.15, 0.2) is 24.5 Å². The highest BCUT2D eigenvalue weighted by Crippen LogP contribution is 2.27. The van der Waals surface area contributed by atoms with Crippen LogP contribution < -0.4 is 0 Å². The van der Waals surface area contributed by atoms with Crippen LogP contribution >= 0.6 is 0 Å². The zero-order valence-corrected chi connectivity index (χ0v) is 13.8. The minimum absolute atomic E-state index is 0.0218. The van der Waals surface area contributed by atoms with Crippen LogP contribution in [-0.4, -0.2) is 60.9 Å². The molecule has 1 aliphatic rings. The highest BCUT2D eigenvalue weighted by Gasteiger charge is 2.33. The lowest BCUT2D eigenvalue weighted by atomic mass is 10.1. The molecule has 1 fully saturated rings. The molecule has 1 N–H and O–H groups in total. The first-order valence-electron chi connectivity index (χ1n) is 8.09. The molecule has 10 heteroatoms. The molecule has 0 saturated carbocycles. The SMILES string of the molecule is O=C(O)c1ccc(-c2cn(CC(=O)N3CCCC(F)(F)CC3)nn2)cn1. The van der Waals surface area contributed by atoms with Crippen LogP contribution in [0.1, 0.15) is 29.8 Å². The van der Waals surface area contributed by atoms with Gasteiger partial charge in [0.1, 0.15) is 17.9 Å². The summed E-state index contributed by atoms with van der Waals surface area (Å²) < 4.78 is 28.1. The minimum Gasteiger partial charge on any atom is -0.477 e. The Hall–Kier alpha value is -2.91. The fourth-order valence-corrected chi connectivity index (χ4v) is 2.73. The molecule has 2 aromatic heterocycles. The van der Waals surface area contributed by atoms with Gasteiger partial charge in [-0.1, -0.05) is 5.21 Å². The lowest BCUT2D eigenvalue weighted by molar-refractivity contribution is -0.132. The van der Waals surface area contributed by atoms with Crippen molar-refractivity contribution in [3.05, 3.63) is 30.2 Å². The maximum absolute atomic E-state index is 13.4. The average Bonchev–Trinajstić information content (AvgIpc) is 2.98. The predicted octanol–water partition coefficient (Wildman–Crippen LogP) is 1.69. The number of hydrogen-bond acceptors (Lipinski definition) is 5. The summed E-state index contributed by atoms with van der Waals surface area (Å²) in [7, 11) is 0. The van der Waals surface area contributed by atoms with Crippen LogP contribution in [0.3, 0.4) is 0 Å². The summed E-state index contributed by atoms with van der Waals surface area (Å²) >= 11 is 0. The molecule has 1 saturated heterocycles. The Kier molecular flexibility index (Phi) is 4.92. The number of halogens is 2. The summed E-state index contributed by atoms with van der Waals surface area (Å²) in [6, 6.07) is 2.89.